The lowest BCUT2D eigenvalue weighted by molar-refractivity contribution is 0.323. The lowest BCUT2D eigenvalue weighted by atomic mass is 10.3. The topological polar surface area (TPSA) is 28.2 Å². The van der Waals surface area contributed by atoms with E-state index in [9.17, 15) is 0 Å². The Labute approximate surface area is 93.7 Å². The number of nitrogens with zero attached hydrogens (tertiary/aromatic N) is 2. The van der Waals surface area contributed by atoms with Gasteiger partial charge in [0, 0.05) is 30.3 Å². The molecule has 0 atom stereocenters. The Morgan fingerprint density at radius 1 is 1.57 bits per heavy atom. The Morgan fingerprint density at radius 2 is 2.36 bits per heavy atom. The van der Waals surface area contributed by atoms with Crippen LogP contribution < -0.4 is 5.32 Å². The maximum atomic E-state index is 4.32. The number of likely N-dealkylation sites (N-methyl/N-ethyl adjacent to an activating group) is 2. The number of nitrogens with one attached hydrogen (secondary N) is 1. The van der Waals surface area contributed by atoms with Crippen LogP contribution in [0.25, 0.3) is 0 Å². The van der Waals surface area contributed by atoms with E-state index in [4.69, 9.17) is 0 Å². The van der Waals surface area contributed by atoms with Gasteiger partial charge >= 0.3 is 0 Å². The highest BCUT2D eigenvalue weighted by Gasteiger charge is 2.03. The second-order valence-electron chi connectivity index (χ2n) is 3.27. The fourth-order valence-electron chi connectivity index (χ4n) is 1.17. The molecule has 14 heavy (non-hydrogen) atoms. The molecule has 78 valence electrons. The molecule has 3 nitrogen and oxygen atoms in total. The van der Waals surface area contributed by atoms with Crippen LogP contribution in [0.15, 0.2) is 22.8 Å². The van der Waals surface area contributed by atoms with Gasteiger partial charge in [-0.2, -0.15) is 0 Å². The van der Waals surface area contributed by atoms with Gasteiger partial charge in [-0.25, -0.2) is 0 Å². The fourth-order valence-corrected chi connectivity index (χ4v) is 1.55. The highest BCUT2D eigenvalue weighted by Crippen LogP contribution is 2.14. The first kappa shape index (κ1) is 11.6. The van der Waals surface area contributed by atoms with Gasteiger partial charge in [-0.1, -0.05) is 0 Å². The van der Waals surface area contributed by atoms with Gasteiger partial charge in [0.05, 0.1) is 5.69 Å². The van der Waals surface area contributed by atoms with Gasteiger partial charge in [0.1, 0.15) is 0 Å². The van der Waals surface area contributed by atoms with E-state index < -0.39 is 0 Å². The van der Waals surface area contributed by atoms with Gasteiger partial charge in [-0.3, -0.25) is 9.88 Å². The van der Waals surface area contributed by atoms with Crippen molar-refractivity contribution in [3.8, 4) is 0 Å². The zero-order chi connectivity index (χ0) is 10.4. The van der Waals surface area contributed by atoms with Crippen molar-refractivity contribution in [3.63, 3.8) is 0 Å². The maximum absolute atomic E-state index is 4.32. The molecule has 0 aliphatic heterocycles. The molecule has 0 aliphatic rings. The average Bonchev–Trinajstić information content (AvgIpc) is 2.18. The van der Waals surface area contributed by atoms with Crippen LogP contribution in [0.3, 0.4) is 0 Å². The van der Waals surface area contributed by atoms with Gasteiger partial charge in [0.15, 0.2) is 0 Å². The summed E-state index contributed by atoms with van der Waals surface area (Å²) in [6.07, 6.45) is 1.83. The zero-order valence-corrected chi connectivity index (χ0v) is 10.2. The van der Waals surface area contributed by atoms with Crippen LogP contribution in [0.5, 0.6) is 0 Å². The molecule has 0 amide bonds. The lowest BCUT2D eigenvalue weighted by Crippen LogP contribution is -2.27. The van der Waals surface area contributed by atoms with E-state index in [0.717, 1.165) is 29.8 Å². The van der Waals surface area contributed by atoms with Crippen LogP contribution in [-0.4, -0.2) is 37.1 Å². The summed E-state index contributed by atoms with van der Waals surface area (Å²) in [4.78, 5) is 6.56. The summed E-state index contributed by atoms with van der Waals surface area (Å²) in [5, 5.41) is 3.13. The van der Waals surface area contributed by atoms with Gasteiger partial charge in [0.25, 0.3) is 0 Å². The van der Waals surface area contributed by atoms with E-state index >= 15 is 0 Å². The average molecular weight is 258 g/mol. The molecule has 4 heteroatoms. The molecule has 0 saturated heterocycles. The summed E-state index contributed by atoms with van der Waals surface area (Å²) in [7, 11) is 4.06. The Kier molecular flexibility index (Phi) is 5.07. The second-order valence-corrected chi connectivity index (χ2v) is 4.13. The highest BCUT2D eigenvalue weighted by molar-refractivity contribution is 9.10. The monoisotopic (exact) mass is 257 g/mol. The Bertz CT molecular complexity index is 278. The van der Waals surface area contributed by atoms with Crippen LogP contribution in [0.1, 0.15) is 5.69 Å². The number of rotatable bonds is 5. The SMILES string of the molecule is CNCCN(C)Cc1ncccc1Br. The molecule has 1 N–H and O–H groups in total. The molecule has 1 rings (SSSR count). The third-order valence-electron chi connectivity index (χ3n) is 2.00. The van der Waals surface area contributed by atoms with Crippen LogP contribution in [-0.2, 0) is 6.54 Å². The fraction of sp³-hybridized carbons (Fsp3) is 0.500. The molecule has 0 aliphatic carbocycles. The predicted octanol–water partition coefficient (Wildman–Crippen LogP) is 1.50. The van der Waals surface area contributed by atoms with Gasteiger partial charge in [-0.15, -0.1) is 0 Å². The van der Waals surface area contributed by atoms with Gasteiger partial charge in [-0.05, 0) is 42.2 Å². The normalized spacial score (nSPS) is 10.9. The minimum atomic E-state index is 0.878. The second kappa shape index (κ2) is 6.11. The summed E-state index contributed by atoms with van der Waals surface area (Å²) in [6.45, 7) is 2.91. The van der Waals surface area contributed by atoms with E-state index in [-0.39, 0.29) is 0 Å². The number of pyridine rings is 1. The largest absolute Gasteiger partial charge is 0.318 e. The van der Waals surface area contributed by atoms with Crippen LogP contribution >= 0.6 is 15.9 Å². The van der Waals surface area contributed by atoms with Crippen molar-refractivity contribution in [1.29, 1.82) is 0 Å². The third-order valence-corrected chi connectivity index (χ3v) is 2.72. The summed E-state index contributed by atoms with van der Waals surface area (Å²) < 4.78 is 1.08. The van der Waals surface area contributed by atoms with E-state index in [0.29, 0.717) is 0 Å². The van der Waals surface area contributed by atoms with E-state index in [1.165, 1.54) is 0 Å². The van der Waals surface area contributed by atoms with Crippen molar-refractivity contribution in [2.75, 3.05) is 27.2 Å². The molecule has 0 bridgehead atoms. The summed E-state index contributed by atoms with van der Waals surface area (Å²) in [5.74, 6) is 0. The molecule has 1 heterocycles. The maximum Gasteiger partial charge on any atom is 0.0685 e. The molecule has 1 aromatic heterocycles. The third kappa shape index (κ3) is 3.74. The minimum Gasteiger partial charge on any atom is -0.318 e. The molecular weight excluding hydrogens is 242 g/mol. The number of hydrogen-bond acceptors (Lipinski definition) is 3. The van der Waals surface area contributed by atoms with Crippen LogP contribution in [0, 0.1) is 0 Å². The molecule has 0 saturated carbocycles. The Balaban J connectivity index is 2.47. The molecule has 0 spiro atoms. The van der Waals surface area contributed by atoms with Crippen LogP contribution in [0.2, 0.25) is 0 Å². The molecule has 0 radical (unpaired) electrons. The zero-order valence-electron chi connectivity index (χ0n) is 8.63. The predicted molar refractivity (Wildman–Crippen MR) is 62.2 cm³/mol. The molecular formula is C10H16BrN3. The Hall–Kier alpha value is -0.450. The Morgan fingerprint density at radius 3 is 3.00 bits per heavy atom. The van der Waals surface area contributed by atoms with Crippen molar-refractivity contribution in [1.82, 2.24) is 15.2 Å². The van der Waals surface area contributed by atoms with Crippen molar-refractivity contribution < 1.29 is 0 Å². The number of halogens is 1. The van der Waals surface area contributed by atoms with Crippen molar-refractivity contribution in [2.45, 2.75) is 6.54 Å². The first-order chi connectivity index (χ1) is 6.74. The van der Waals surface area contributed by atoms with Gasteiger partial charge in [0.2, 0.25) is 0 Å². The summed E-state index contributed by atoms with van der Waals surface area (Å²) in [6, 6.07) is 3.95. The first-order valence-corrected chi connectivity index (χ1v) is 5.46. The van der Waals surface area contributed by atoms with Crippen molar-refractivity contribution in [2.24, 2.45) is 0 Å². The number of aromatic nitrogens is 1. The summed E-state index contributed by atoms with van der Waals surface area (Å²) >= 11 is 3.49. The molecule has 0 unspecified atom stereocenters. The quantitative estimate of drug-likeness (QED) is 0.867. The molecule has 0 aromatic carbocycles. The van der Waals surface area contributed by atoms with Crippen molar-refractivity contribution in [3.05, 3.63) is 28.5 Å². The van der Waals surface area contributed by atoms with Crippen molar-refractivity contribution >= 4 is 15.9 Å². The molecule has 0 fully saturated rings. The smallest absolute Gasteiger partial charge is 0.0685 e. The van der Waals surface area contributed by atoms with E-state index in [2.05, 4.69) is 38.2 Å². The van der Waals surface area contributed by atoms with Crippen LogP contribution in [0.4, 0.5) is 0 Å². The van der Waals surface area contributed by atoms with E-state index in [1.807, 2.05) is 25.4 Å². The minimum absolute atomic E-state index is 0.878. The first-order valence-electron chi connectivity index (χ1n) is 4.66. The number of hydrogen-bond donors (Lipinski definition) is 1. The summed E-state index contributed by atoms with van der Waals surface area (Å²) in [5.41, 5.74) is 1.09. The highest BCUT2D eigenvalue weighted by atomic mass is 79.9. The van der Waals surface area contributed by atoms with Gasteiger partial charge < -0.3 is 5.32 Å². The standard InChI is InChI=1S/C10H16BrN3/c1-12-6-7-14(2)8-10-9(11)4-3-5-13-10/h3-5,12H,6-8H2,1-2H3. The van der Waals surface area contributed by atoms with E-state index in [1.54, 1.807) is 0 Å². The molecule has 1 aromatic rings. The lowest BCUT2D eigenvalue weighted by Gasteiger charge is -2.16.